The first kappa shape index (κ1) is 20.4. The van der Waals surface area contributed by atoms with Gasteiger partial charge in [-0.15, -0.1) is 0 Å². The summed E-state index contributed by atoms with van der Waals surface area (Å²) in [5.74, 6) is 2.66. The largest absolute Gasteiger partial charge is 0.490 e. The highest BCUT2D eigenvalue weighted by Gasteiger charge is 2.22. The van der Waals surface area contributed by atoms with Gasteiger partial charge in [0.2, 0.25) is 0 Å². The molecule has 1 aliphatic rings. The topological polar surface area (TPSA) is 63.9 Å². The van der Waals surface area contributed by atoms with Crippen molar-refractivity contribution >= 4 is 5.91 Å². The van der Waals surface area contributed by atoms with Crippen LogP contribution in [0.3, 0.4) is 0 Å². The first-order valence-corrected chi connectivity index (χ1v) is 9.87. The highest BCUT2D eigenvalue weighted by Crippen LogP contribution is 2.22. The molecular weight excluding hydrogens is 356 g/mol. The first-order chi connectivity index (χ1) is 13.5. The Morgan fingerprint density at radius 3 is 2.71 bits per heavy atom. The van der Waals surface area contributed by atoms with Crippen LogP contribution < -0.4 is 10.1 Å². The minimum absolute atomic E-state index is 0.110. The number of carbonyl (C=O) groups excluding carboxylic acids is 1. The number of nitrogens with zero attached hydrogens (tertiary/aromatic N) is 1. The van der Waals surface area contributed by atoms with Gasteiger partial charge in [-0.3, -0.25) is 9.69 Å². The number of rotatable bonds is 8. The lowest BCUT2D eigenvalue weighted by Gasteiger charge is -2.31. The van der Waals surface area contributed by atoms with Crippen molar-refractivity contribution in [1.29, 1.82) is 0 Å². The number of benzene rings is 1. The quantitative estimate of drug-likeness (QED) is 0.705. The minimum atomic E-state index is -0.110. The minimum Gasteiger partial charge on any atom is -0.490 e. The van der Waals surface area contributed by atoms with E-state index in [2.05, 4.69) is 23.2 Å². The molecule has 1 fully saturated rings. The Balaban J connectivity index is 1.47. The number of nitrogens with one attached hydrogen (secondary N) is 1. The Labute approximate surface area is 166 Å². The average molecular weight is 386 g/mol. The zero-order chi connectivity index (χ0) is 19.9. The van der Waals surface area contributed by atoms with Crippen molar-refractivity contribution in [2.45, 2.75) is 39.3 Å². The number of carbonyl (C=O) groups is 1. The molecule has 28 heavy (non-hydrogen) atoms. The highest BCUT2D eigenvalue weighted by atomic mass is 16.5. The van der Waals surface area contributed by atoms with E-state index in [-0.39, 0.29) is 12.0 Å². The molecule has 0 bridgehead atoms. The van der Waals surface area contributed by atoms with Crippen molar-refractivity contribution in [1.82, 2.24) is 10.2 Å². The van der Waals surface area contributed by atoms with Crippen LogP contribution in [0.4, 0.5) is 0 Å². The van der Waals surface area contributed by atoms with Crippen LogP contribution in [0.15, 0.2) is 34.7 Å². The summed E-state index contributed by atoms with van der Waals surface area (Å²) in [4.78, 5) is 14.6. The van der Waals surface area contributed by atoms with Gasteiger partial charge in [-0.25, -0.2) is 0 Å². The third-order valence-corrected chi connectivity index (χ3v) is 5.12. The summed E-state index contributed by atoms with van der Waals surface area (Å²) >= 11 is 0. The molecule has 1 saturated heterocycles. The van der Waals surface area contributed by atoms with Gasteiger partial charge >= 0.3 is 0 Å². The third kappa shape index (κ3) is 5.59. The van der Waals surface area contributed by atoms with E-state index in [1.165, 1.54) is 5.56 Å². The number of methoxy groups -OCH3 is 1. The predicted molar refractivity (Wildman–Crippen MR) is 108 cm³/mol. The Hall–Kier alpha value is -2.31. The number of piperidine rings is 1. The second kappa shape index (κ2) is 9.75. The fourth-order valence-corrected chi connectivity index (χ4v) is 3.41. The third-order valence-electron chi connectivity index (χ3n) is 5.12. The second-order valence-electron chi connectivity index (χ2n) is 7.32. The van der Waals surface area contributed by atoms with Crippen LogP contribution in [0.2, 0.25) is 0 Å². The zero-order valence-electron chi connectivity index (χ0n) is 17.0. The van der Waals surface area contributed by atoms with Gasteiger partial charge in [-0.05, 0) is 56.5 Å². The number of furan rings is 1. The monoisotopic (exact) mass is 386 g/mol. The smallest absolute Gasteiger partial charge is 0.251 e. The number of hydrogen-bond donors (Lipinski definition) is 1. The van der Waals surface area contributed by atoms with E-state index in [4.69, 9.17) is 13.9 Å². The number of hydrogen-bond acceptors (Lipinski definition) is 5. The summed E-state index contributed by atoms with van der Waals surface area (Å²) in [6.07, 6.45) is 2.09. The lowest BCUT2D eigenvalue weighted by Crippen LogP contribution is -2.37. The average Bonchev–Trinajstić information content (AvgIpc) is 3.01. The second-order valence-corrected chi connectivity index (χ2v) is 7.32. The van der Waals surface area contributed by atoms with Crippen molar-refractivity contribution < 1.29 is 18.7 Å². The molecule has 1 amide bonds. The molecule has 0 radical (unpaired) electrons. The number of likely N-dealkylation sites (tertiary alicyclic amines) is 1. The molecule has 1 aromatic carbocycles. The van der Waals surface area contributed by atoms with Crippen molar-refractivity contribution in [3.63, 3.8) is 0 Å². The van der Waals surface area contributed by atoms with Crippen LogP contribution in [-0.4, -0.2) is 50.3 Å². The summed E-state index contributed by atoms with van der Waals surface area (Å²) in [6.45, 7) is 7.87. The van der Waals surface area contributed by atoms with Crippen molar-refractivity contribution in [2.75, 3.05) is 33.4 Å². The van der Waals surface area contributed by atoms with Gasteiger partial charge in [0.05, 0.1) is 13.2 Å². The Morgan fingerprint density at radius 1 is 1.25 bits per heavy atom. The highest BCUT2D eigenvalue weighted by molar-refractivity contribution is 5.94. The Bertz CT molecular complexity index is 759. The summed E-state index contributed by atoms with van der Waals surface area (Å²) < 4.78 is 16.9. The van der Waals surface area contributed by atoms with Crippen LogP contribution in [0.25, 0.3) is 0 Å². The van der Waals surface area contributed by atoms with Gasteiger partial charge < -0.3 is 19.2 Å². The van der Waals surface area contributed by atoms with Gasteiger partial charge in [0, 0.05) is 32.3 Å². The fourth-order valence-electron chi connectivity index (χ4n) is 3.41. The SMILES string of the molecule is COCCNC(=O)c1cccc(OC2CCN(Cc3cc(C)c(C)o3)CC2)c1. The molecular formula is C22H30N2O4. The molecule has 1 aromatic heterocycles. The van der Waals surface area contributed by atoms with Crippen molar-refractivity contribution in [3.8, 4) is 5.75 Å². The van der Waals surface area contributed by atoms with Crippen LogP contribution in [0.1, 0.15) is 40.3 Å². The molecule has 1 N–H and O–H groups in total. The van der Waals surface area contributed by atoms with E-state index in [9.17, 15) is 4.79 Å². The standard InChI is InChI=1S/C22H30N2O4/c1-16-13-21(27-17(16)2)15-24-10-7-19(8-11-24)28-20-6-4-5-18(14-20)22(25)23-9-12-26-3/h4-6,13-14,19H,7-12,15H2,1-3H3,(H,23,25). The van der Waals surface area contributed by atoms with Crippen LogP contribution in [-0.2, 0) is 11.3 Å². The van der Waals surface area contributed by atoms with Crippen LogP contribution >= 0.6 is 0 Å². The molecule has 0 unspecified atom stereocenters. The maximum atomic E-state index is 12.2. The molecule has 0 saturated carbocycles. The normalized spacial score (nSPS) is 15.5. The van der Waals surface area contributed by atoms with E-state index in [1.54, 1.807) is 13.2 Å². The lowest BCUT2D eigenvalue weighted by atomic mass is 10.1. The van der Waals surface area contributed by atoms with Crippen molar-refractivity contribution in [3.05, 3.63) is 53.0 Å². The van der Waals surface area contributed by atoms with E-state index in [0.717, 1.165) is 49.7 Å². The summed E-state index contributed by atoms with van der Waals surface area (Å²) in [5.41, 5.74) is 1.81. The fraction of sp³-hybridized carbons (Fsp3) is 0.500. The summed E-state index contributed by atoms with van der Waals surface area (Å²) in [7, 11) is 1.61. The summed E-state index contributed by atoms with van der Waals surface area (Å²) in [5, 5.41) is 2.83. The van der Waals surface area contributed by atoms with Crippen molar-refractivity contribution in [2.24, 2.45) is 0 Å². The van der Waals surface area contributed by atoms with Gasteiger partial charge in [0.1, 0.15) is 23.4 Å². The molecule has 6 nitrogen and oxygen atoms in total. The maximum Gasteiger partial charge on any atom is 0.251 e. The van der Waals surface area contributed by atoms with Crippen LogP contribution in [0.5, 0.6) is 5.75 Å². The molecule has 2 aromatic rings. The number of aryl methyl sites for hydroxylation is 2. The molecule has 152 valence electrons. The zero-order valence-corrected chi connectivity index (χ0v) is 17.0. The molecule has 3 rings (SSSR count). The lowest BCUT2D eigenvalue weighted by molar-refractivity contribution is 0.0909. The maximum absolute atomic E-state index is 12.2. The molecule has 0 spiro atoms. The molecule has 1 aliphatic heterocycles. The van der Waals surface area contributed by atoms with Gasteiger partial charge in [-0.1, -0.05) is 6.07 Å². The van der Waals surface area contributed by atoms with Gasteiger partial charge in [-0.2, -0.15) is 0 Å². The van der Waals surface area contributed by atoms with Crippen LogP contribution in [0, 0.1) is 13.8 Å². The number of ether oxygens (including phenoxy) is 2. The molecule has 2 heterocycles. The van der Waals surface area contributed by atoms with E-state index < -0.39 is 0 Å². The van der Waals surface area contributed by atoms with E-state index in [1.807, 2.05) is 25.1 Å². The predicted octanol–water partition coefficient (Wildman–Crippen LogP) is 3.32. The molecule has 6 heteroatoms. The van der Waals surface area contributed by atoms with Gasteiger partial charge in [0.15, 0.2) is 0 Å². The van der Waals surface area contributed by atoms with E-state index >= 15 is 0 Å². The Kier molecular flexibility index (Phi) is 7.12. The molecule has 0 aliphatic carbocycles. The summed E-state index contributed by atoms with van der Waals surface area (Å²) in [6, 6.07) is 9.50. The van der Waals surface area contributed by atoms with E-state index in [0.29, 0.717) is 18.7 Å². The van der Waals surface area contributed by atoms with Gasteiger partial charge in [0.25, 0.3) is 5.91 Å². The molecule has 0 atom stereocenters. The Morgan fingerprint density at radius 2 is 2.04 bits per heavy atom. The first-order valence-electron chi connectivity index (χ1n) is 9.87. The number of amides is 1.